The Kier molecular flexibility index (Phi) is 2.43. The summed E-state index contributed by atoms with van der Waals surface area (Å²) in [6.45, 7) is 2.18. The number of fused-ring (bicyclic) bond motifs is 1. The third kappa shape index (κ3) is 1.53. The lowest BCUT2D eigenvalue weighted by Gasteiger charge is -2.07. The van der Waals surface area contributed by atoms with Crippen LogP contribution in [0.2, 0.25) is 0 Å². The summed E-state index contributed by atoms with van der Waals surface area (Å²) < 4.78 is 5.22. The number of H-pyrrole nitrogens is 1. The summed E-state index contributed by atoms with van der Waals surface area (Å²) in [5, 5.41) is 0. The van der Waals surface area contributed by atoms with Crippen LogP contribution in [0.15, 0.2) is 6.33 Å². The van der Waals surface area contributed by atoms with Gasteiger partial charge in [0.15, 0.2) is 0 Å². The van der Waals surface area contributed by atoms with Crippen molar-refractivity contribution in [3.63, 3.8) is 0 Å². The molecule has 6 nitrogen and oxygen atoms in total. The molecule has 2 heterocycles. The van der Waals surface area contributed by atoms with Gasteiger partial charge in [-0.25, -0.2) is 15.0 Å². The Hall–Kier alpha value is -2.11. The highest BCUT2D eigenvalue weighted by atomic mass is 16.5. The van der Waals surface area contributed by atoms with E-state index in [1.165, 1.54) is 12.0 Å². The Morgan fingerprint density at radius 3 is 3.00 bits per heavy atom. The van der Waals surface area contributed by atoms with Gasteiger partial charge in [0, 0.05) is 11.6 Å². The van der Waals surface area contributed by atoms with Crippen molar-refractivity contribution in [2.45, 2.75) is 25.7 Å². The van der Waals surface area contributed by atoms with E-state index >= 15 is 0 Å². The quantitative estimate of drug-likeness (QED) is 0.837. The van der Waals surface area contributed by atoms with E-state index in [1.807, 2.05) is 0 Å². The molecular weight excluding hydrogens is 230 g/mol. The summed E-state index contributed by atoms with van der Waals surface area (Å²) in [5.41, 5.74) is 8.84. The van der Waals surface area contributed by atoms with E-state index in [9.17, 15) is 0 Å². The molecule has 0 saturated heterocycles. The highest BCUT2D eigenvalue weighted by Crippen LogP contribution is 2.36. The summed E-state index contributed by atoms with van der Waals surface area (Å²) in [7, 11) is 1.56. The molecule has 0 fully saturated rings. The fourth-order valence-corrected chi connectivity index (χ4v) is 2.40. The number of nitrogens with one attached hydrogen (secondary N) is 1. The molecule has 0 spiro atoms. The van der Waals surface area contributed by atoms with Crippen LogP contribution < -0.4 is 10.5 Å². The van der Waals surface area contributed by atoms with Gasteiger partial charge in [0.1, 0.15) is 23.5 Å². The number of rotatable bonds is 2. The van der Waals surface area contributed by atoms with Crippen molar-refractivity contribution >= 4 is 5.82 Å². The highest BCUT2D eigenvalue weighted by molar-refractivity contribution is 5.73. The minimum atomic E-state index is 0.377. The van der Waals surface area contributed by atoms with Crippen LogP contribution in [0.25, 0.3) is 11.4 Å². The summed E-state index contributed by atoms with van der Waals surface area (Å²) in [6, 6.07) is 0. The Morgan fingerprint density at radius 2 is 2.28 bits per heavy atom. The van der Waals surface area contributed by atoms with E-state index in [-0.39, 0.29) is 0 Å². The second-order valence-electron chi connectivity index (χ2n) is 4.53. The Balaban J connectivity index is 2.13. The van der Waals surface area contributed by atoms with Crippen LogP contribution in [0.1, 0.15) is 30.7 Å². The summed E-state index contributed by atoms with van der Waals surface area (Å²) in [4.78, 5) is 16.0. The number of hydrogen-bond donors (Lipinski definition) is 2. The van der Waals surface area contributed by atoms with Crippen molar-refractivity contribution in [3.05, 3.63) is 17.7 Å². The topological polar surface area (TPSA) is 89.7 Å². The number of anilines is 1. The largest absolute Gasteiger partial charge is 0.480 e. The van der Waals surface area contributed by atoms with Gasteiger partial charge in [-0.2, -0.15) is 0 Å². The van der Waals surface area contributed by atoms with E-state index < -0.39 is 0 Å². The molecule has 1 atom stereocenters. The molecule has 2 aromatic rings. The number of nitrogens with zero attached hydrogens (tertiary/aromatic N) is 3. The zero-order valence-electron chi connectivity index (χ0n) is 10.4. The van der Waals surface area contributed by atoms with Crippen LogP contribution in [0, 0.1) is 0 Å². The molecule has 94 valence electrons. The lowest BCUT2D eigenvalue weighted by atomic mass is 10.1. The molecule has 3 rings (SSSR count). The van der Waals surface area contributed by atoms with Crippen molar-refractivity contribution in [2.24, 2.45) is 0 Å². The van der Waals surface area contributed by atoms with Gasteiger partial charge in [-0.1, -0.05) is 6.92 Å². The third-order valence-electron chi connectivity index (χ3n) is 3.38. The molecule has 1 unspecified atom stereocenters. The van der Waals surface area contributed by atoms with Crippen molar-refractivity contribution in [1.29, 1.82) is 0 Å². The lowest BCUT2D eigenvalue weighted by molar-refractivity contribution is 0.398. The zero-order valence-corrected chi connectivity index (χ0v) is 10.4. The van der Waals surface area contributed by atoms with Gasteiger partial charge in [0.25, 0.3) is 0 Å². The fourth-order valence-electron chi connectivity index (χ4n) is 2.40. The Bertz CT molecular complexity index is 592. The first kappa shape index (κ1) is 11.0. The minimum Gasteiger partial charge on any atom is -0.480 e. The van der Waals surface area contributed by atoms with Gasteiger partial charge in [0.2, 0.25) is 5.88 Å². The van der Waals surface area contributed by atoms with Gasteiger partial charge in [0.05, 0.1) is 12.8 Å². The van der Waals surface area contributed by atoms with E-state index in [1.54, 1.807) is 7.11 Å². The monoisotopic (exact) mass is 245 g/mol. The first-order valence-corrected chi connectivity index (χ1v) is 5.94. The van der Waals surface area contributed by atoms with Crippen LogP contribution in [-0.2, 0) is 6.42 Å². The van der Waals surface area contributed by atoms with Gasteiger partial charge in [-0.3, -0.25) is 0 Å². The van der Waals surface area contributed by atoms with Crippen LogP contribution in [0.4, 0.5) is 5.82 Å². The average Bonchev–Trinajstić information content (AvgIpc) is 2.91. The van der Waals surface area contributed by atoms with Crippen LogP contribution in [0.3, 0.4) is 0 Å². The maximum Gasteiger partial charge on any atom is 0.229 e. The second kappa shape index (κ2) is 3.97. The van der Waals surface area contributed by atoms with Gasteiger partial charge in [-0.05, 0) is 12.8 Å². The molecule has 0 bridgehead atoms. The first-order valence-electron chi connectivity index (χ1n) is 5.94. The van der Waals surface area contributed by atoms with Crippen LogP contribution >= 0.6 is 0 Å². The van der Waals surface area contributed by atoms with E-state index in [0.717, 1.165) is 18.5 Å². The second-order valence-corrected chi connectivity index (χ2v) is 4.53. The molecule has 0 aliphatic heterocycles. The standard InChI is InChI=1S/C12H15N5O/c1-6-3-4-7-9(6)17-11(16-7)8-10(13)14-5-15-12(8)18-2/h5-6H,3-4H2,1-2H3,(H,16,17)(H2,13,14,15). The molecule has 3 N–H and O–H groups in total. The fraction of sp³-hybridized carbons (Fsp3) is 0.417. The number of ether oxygens (including phenoxy) is 1. The molecule has 0 aromatic carbocycles. The number of nitrogens with two attached hydrogens (primary N) is 1. The maximum absolute atomic E-state index is 5.89. The molecule has 2 aromatic heterocycles. The number of hydrogen-bond acceptors (Lipinski definition) is 5. The summed E-state index contributed by atoms with van der Waals surface area (Å²) >= 11 is 0. The smallest absolute Gasteiger partial charge is 0.229 e. The van der Waals surface area contributed by atoms with E-state index in [0.29, 0.717) is 29.0 Å². The Morgan fingerprint density at radius 1 is 1.44 bits per heavy atom. The van der Waals surface area contributed by atoms with Crippen molar-refractivity contribution in [1.82, 2.24) is 19.9 Å². The number of imidazole rings is 1. The van der Waals surface area contributed by atoms with E-state index in [4.69, 9.17) is 10.5 Å². The highest BCUT2D eigenvalue weighted by Gasteiger charge is 2.25. The normalized spacial score (nSPS) is 17.8. The van der Waals surface area contributed by atoms with Gasteiger partial charge >= 0.3 is 0 Å². The summed E-state index contributed by atoms with van der Waals surface area (Å²) in [5.74, 6) is 2.01. The van der Waals surface area contributed by atoms with Crippen molar-refractivity contribution in [3.8, 4) is 17.3 Å². The first-order chi connectivity index (χ1) is 8.70. The van der Waals surface area contributed by atoms with E-state index in [2.05, 4.69) is 26.9 Å². The number of aryl methyl sites for hydroxylation is 1. The minimum absolute atomic E-state index is 0.377. The van der Waals surface area contributed by atoms with Crippen LogP contribution in [0.5, 0.6) is 5.88 Å². The van der Waals surface area contributed by atoms with Crippen molar-refractivity contribution < 1.29 is 4.74 Å². The SMILES string of the molecule is COc1ncnc(N)c1-c1nc2c([nH]1)CCC2C. The predicted octanol–water partition coefficient (Wildman–Crippen LogP) is 1.51. The molecular formula is C12H15N5O. The number of methoxy groups -OCH3 is 1. The molecule has 6 heteroatoms. The summed E-state index contributed by atoms with van der Waals surface area (Å²) in [6.07, 6.45) is 3.56. The molecule has 18 heavy (non-hydrogen) atoms. The number of aromatic nitrogens is 4. The third-order valence-corrected chi connectivity index (χ3v) is 3.38. The lowest BCUT2D eigenvalue weighted by Crippen LogP contribution is -2.01. The molecule has 0 amide bonds. The Labute approximate surface area is 105 Å². The maximum atomic E-state index is 5.89. The van der Waals surface area contributed by atoms with Gasteiger partial charge < -0.3 is 15.5 Å². The molecule has 0 radical (unpaired) electrons. The molecule has 1 aliphatic rings. The zero-order chi connectivity index (χ0) is 12.7. The van der Waals surface area contributed by atoms with Gasteiger partial charge in [-0.15, -0.1) is 0 Å². The average molecular weight is 245 g/mol. The molecule has 1 aliphatic carbocycles. The number of nitrogen functional groups attached to an aromatic ring is 1. The molecule has 0 saturated carbocycles. The predicted molar refractivity (Wildman–Crippen MR) is 67.3 cm³/mol. The number of aromatic amines is 1. The van der Waals surface area contributed by atoms with Crippen LogP contribution in [-0.4, -0.2) is 27.0 Å². The van der Waals surface area contributed by atoms with Crippen molar-refractivity contribution in [2.75, 3.05) is 12.8 Å².